The molecule has 94 valence electrons. The fraction of sp³-hybridized carbons (Fsp3) is 0.200. The lowest BCUT2D eigenvalue weighted by atomic mass is 10.1. The Balaban J connectivity index is 2.13. The van der Waals surface area contributed by atoms with Gasteiger partial charge >= 0.3 is 24.9 Å². The van der Waals surface area contributed by atoms with Gasteiger partial charge in [-0.25, -0.2) is 9.59 Å². The third-order valence-corrected chi connectivity index (χ3v) is 2.39. The number of carbonyl (C=O) groups excluding carboxylic acids is 2. The van der Waals surface area contributed by atoms with Crippen molar-refractivity contribution in [3.8, 4) is 11.5 Å². The molecule has 1 aromatic carbocycles. The Labute approximate surface area is 99.2 Å². The van der Waals surface area contributed by atoms with E-state index in [9.17, 15) is 9.59 Å². The summed E-state index contributed by atoms with van der Waals surface area (Å²) in [5, 5.41) is 18.2. The molecule has 0 saturated heterocycles. The van der Waals surface area contributed by atoms with Crippen molar-refractivity contribution in [2.24, 2.45) is 0 Å². The predicted octanol–water partition coefficient (Wildman–Crippen LogP) is -0.663. The van der Waals surface area contributed by atoms with Crippen molar-refractivity contribution in [1.29, 1.82) is 0 Å². The van der Waals surface area contributed by atoms with Gasteiger partial charge in [0.25, 0.3) is 0 Å². The number of esters is 2. The van der Waals surface area contributed by atoms with Gasteiger partial charge in [-0.15, -0.1) is 0 Å². The van der Waals surface area contributed by atoms with Crippen molar-refractivity contribution in [3.05, 3.63) is 23.3 Å². The fourth-order valence-corrected chi connectivity index (χ4v) is 1.65. The molecule has 2 atom stereocenters. The molecule has 1 aromatic rings. The van der Waals surface area contributed by atoms with Crippen molar-refractivity contribution in [1.82, 2.24) is 0 Å². The summed E-state index contributed by atoms with van der Waals surface area (Å²) >= 11 is 0. The van der Waals surface area contributed by atoms with Gasteiger partial charge < -0.3 is 29.2 Å². The zero-order valence-corrected chi connectivity index (χ0v) is 8.65. The minimum Gasteiger partial charge on any atom is -0.431 e. The summed E-state index contributed by atoms with van der Waals surface area (Å²) in [6, 6.07) is 2.34. The Morgan fingerprint density at radius 2 is 1.17 bits per heavy atom. The number of ether oxygens (including phenoxy) is 4. The maximum absolute atomic E-state index is 11.4. The zero-order valence-electron chi connectivity index (χ0n) is 8.65. The van der Waals surface area contributed by atoms with Gasteiger partial charge in [0.1, 0.15) is 22.6 Å². The highest BCUT2D eigenvalue weighted by atomic mass is 16.8. The van der Waals surface area contributed by atoms with Crippen LogP contribution in [0.5, 0.6) is 11.5 Å². The van der Waals surface area contributed by atoms with Crippen molar-refractivity contribution < 1.29 is 38.7 Å². The number of hydrogen-bond acceptors (Lipinski definition) is 8. The average Bonchev–Trinajstić information content (AvgIpc) is 2.27. The average molecular weight is 254 g/mol. The molecule has 8 heteroatoms. The smallest absolute Gasteiger partial charge is 0.360 e. The van der Waals surface area contributed by atoms with Crippen LogP contribution in [-0.2, 0) is 9.47 Å². The molecule has 2 aliphatic rings. The second-order valence-electron chi connectivity index (χ2n) is 3.50. The summed E-state index contributed by atoms with van der Waals surface area (Å²) in [4.78, 5) is 22.9. The van der Waals surface area contributed by atoms with Gasteiger partial charge in [0.05, 0.1) is 0 Å². The van der Waals surface area contributed by atoms with Crippen LogP contribution in [0.25, 0.3) is 0 Å². The molecule has 2 unspecified atom stereocenters. The van der Waals surface area contributed by atoms with E-state index in [0.29, 0.717) is 0 Å². The Hall–Kier alpha value is -2.32. The van der Waals surface area contributed by atoms with Crippen molar-refractivity contribution in [2.75, 3.05) is 0 Å². The first kappa shape index (κ1) is 10.8. The van der Waals surface area contributed by atoms with Crippen LogP contribution in [0.15, 0.2) is 12.1 Å². The van der Waals surface area contributed by atoms with Crippen molar-refractivity contribution >= 4 is 11.9 Å². The van der Waals surface area contributed by atoms with Crippen LogP contribution in [0.2, 0.25) is 0 Å². The number of benzene rings is 1. The molecule has 0 bridgehead atoms. The topological polar surface area (TPSA) is 112 Å². The quantitative estimate of drug-likeness (QED) is 0.586. The van der Waals surface area contributed by atoms with E-state index in [0.717, 1.165) is 0 Å². The van der Waals surface area contributed by atoms with Crippen molar-refractivity contribution in [2.45, 2.75) is 13.0 Å². The van der Waals surface area contributed by atoms with Gasteiger partial charge in [0, 0.05) is 0 Å². The molecule has 0 aliphatic carbocycles. The van der Waals surface area contributed by atoms with Crippen LogP contribution in [0.3, 0.4) is 0 Å². The lowest BCUT2D eigenvalue weighted by Gasteiger charge is -2.25. The lowest BCUT2D eigenvalue weighted by molar-refractivity contribution is -0.194. The van der Waals surface area contributed by atoms with E-state index in [1.54, 1.807) is 0 Å². The van der Waals surface area contributed by atoms with Crippen LogP contribution in [0, 0.1) is 0 Å². The molecule has 2 aliphatic heterocycles. The molecule has 0 aromatic heterocycles. The van der Waals surface area contributed by atoms with E-state index >= 15 is 0 Å². The number of fused-ring (bicyclic) bond motifs is 2. The predicted molar refractivity (Wildman–Crippen MR) is 50.5 cm³/mol. The van der Waals surface area contributed by atoms with E-state index in [4.69, 9.17) is 19.7 Å². The summed E-state index contributed by atoms with van der Waals surface area (Å²) in [5.41, 5.74) is -0.0538. The van der Waals surface area contributed by atoms with Gasteiger partial charge in [-0.05, 0) is 12.1 Å². The standard InChI is InChI=1S/C10H6O8/c11-7-3-1-5-4(8(12)18-9(13)15-5)2-6(3)16-10(14)17-7/h1-2,9-10,13-14H. The van der Waals surface area contributed by atoms with E-state index in [-0.39, 0.29) is 22.6 Å². The van der Waals surface area contributed by atoms with Gasteiger partial charge in [-0.3, -0.25) is 0 Å². The zero-order chi connectivity index (χ0) is 12.9. The normalized spacial score (nSPS) is 25.0. The third-order valence-electron chi connectivity index (χ3n) is 2.39. The summed E-state index contributed by atoms with van der Waals surface area (Å²) in [6.07, 6.45) is 0. The van der Waals surface area contributed by atoms with Crippen molar-refractivity contribution in [3.63, 3.8) is 0 Å². The molecule has 2 N–H and O–H groups in total. The summed E-state index contributed by atoms with van der Waals surface area (Å²) in [6.45, 7) is -3.46. The molecule has 0 radical (unpaired) electrons. The summed E-state index contributed by atoms with van der Waals surface area (Å²) in [7, 11) is 0. The summed E-state index contributed by atoms with van der Waals surface area (Å²) < 4.78 is 18.5. The van der Waals surface area contributed by atoms with Crippen LogP contribution >= 0.6 is 0 Å². The van der Waals surface area contributed by atoms with Crippen LogP contribution < -0.4 is 9.47 Å². The third kappa shape index (κ3) is 1.55. The molecule has 2 heterocycles. The number of carbonyl (C=O) groups is 2. The second kappa shape index (κ2) is 3.59. The van der Waals surface area contributed by atoms with E-state index in [2.05, 4.69) is 9.47 Å². The monoisotopic (exact) mass is 254 g/mol. The van der Waals surface area contributed by atoms with E-state index in [1.165, 1.54) is 12.1 Å². The Kier molecular flexibility index (Phi) is 2.15. The van der Waals surface area contributed by atoms with Crippen LogP contribution in [-0.4, -0.2) is 35.1 Å². The lowest BCUT2D eigenvalue weighted by Crippen LogP contribution is -2.32. The SMILES string of the molecule is O=C1OC(O)Oc2cc3c(cc21)OC(O)OC3=O. The van der Waals surface area contributed by atoms with Gasteiger partial charge in [-0.1, -0.05) is 0 Å². The first-order valence-corrected chi connectivity index (χ1v) is 4.84. The number of aliphatic hydroxyl groups excluding tert-OH is 2. The van der Waals surface area contributed by atoms with Gasteiger partial charge in [-0.2, -0.15) is 0 Å². The maximum Gasteiger partial charge on any atom is 0.360 e. The highest BCUT2D eigenvalue weighted by molar-refractivity contribution is 5.99. The molecule has 0 amide bonds. The van der Waals surface area contributed by atoms with Gasteiger partial charge in [0.2, 0.25) is 0 Å². The van der Waals surface area contributed by atoms with E-state index in [1.807, 2.05) is 0 Å². The highest BCUT2D eigenvalue weighted by Gasteiger charge is 2.33. The molecular formula is C10H6O8. The largest absolute Gasteiger partial charge is 0.431 e. The Morgan fingerprint density at radius 3 is 1.56 bits per heavy atom. The summed E-state index contributed by atoms with van der Waals surface area (Å²) in [5.74, 6) is -1.73. The number of aliphatic hydroxyl groups is 2. The molecule has 0 fully saturated rings. The molecule has 3 rings (SSSR count). The molecule has 8 nitrogen and oxygen atoms in total. The second-order valence-corrected chi connectivity index (χ2v) is 3.50. The molecular weight excluding hydrogens is 248 g/mol. The first-order valence-electron chi connectivity index (χ1n) is 4.84. The first-order chi connectivity index (χ1) is 8.54. The molecule has 18 heavy (non-hydrogen) atoms. The highest BCUT2D eigenvalue weighted by Crippen LogP contribution is 2.35. The fourth-order valence-electron chi connectivity index (χ4n) is 1.65. The van der Waals surface area contributed by atoms with Crippen LogP contribution in [0.4, 0.5) is 0 Å². The number of hydrogen-bond donors (Lipinski definition) is 2. The molecule has 0 spiro atoms. The number of rotatable bonds is 0. The Bertz CT molecular complexity index is 501. The van der Waals surface area contributed by atoms with Gasteiger partial charge in [0.15, 0.2) is 0 Å². The maximum atomic E-state index is 11.4. The Morgan fingerprint density at radius 1 is 0.778 bits per heavy atom. The van der Waals surface area contributed by atoms with Crippen LogP contribution in [0.1, 0.15) is 20.7 Å². The van der Waals surface area contributed by atoms with E-state index < -0.39 is 24.9 Å². The minimum absolute atomic E-state index is 0.0269. The molecule has 0 saturated carbocycles. The number of cyclic esters (lactones) is 2. The minimum atomic E-state index is -1.73.